The summed E-state index contributed by atoms with van der Waals surface area (Å²) in [6.07, 6.45) is 1.58. The summed E-state index contributed by atoms with van der Waals surface area (Å²) >= 11 is 11.3. The molecule has 25 heavy (non-hydrogen) atoms. The van der Waals surface area contributed by atoms with Crippen molar-refractivity contribution in [2.75, 3.05) is 18.4 Å². The Labute approximate surface area is 158 Å². The third-order valence-corrected chi connectivity index (χ3v) is 6.29. The van der Waals surface area contributed by atoms with E-state index in [0.29, 0.717) is 30.4 Å². The van der Waals surface area contributed by atoms with Gasteiger partial charge in [-0.05, 0) is 42.5 Å². The first-order valence-electron chi connectivity index (χ1n) is 7.75. The molecule has 0 amide bonds. The minimum atomic E-state index is -3.66. The van der Waals surface area contributed by atoms with Crippen LogP contribution in [0.1, 0.15) is 19.6 Å². The van der Waals surface area contributed by atoms with Gasteiger partial charge in [0.25, 0.3) is 0 Å². The van der Waals surface area contributed by atoms with E-state index in [4.69, 9.17) is 28.2 Å². The topological polar surface area (TPSA) is 74.6 Å². The molecule has 0 aliphatic carbocycles. The first-order valence-corrected chi connectivity index (χ1v) is 9.98. The number of nitrogens with zero attached hydrogens (tertiary/aromatic N) is 1. The Morgan fingerprint density at radius 3 is 2.60 bits per heavy atom. The highest BCUT2D eigenvalue weighted by Gasteiger charge is 2.24. The molecule has 0 saturated carbocycles. The fourth-order valence-corrected chi connectivity index (χ4v) is 4.39. The first kappa shape index (κ1) is 19.7. The van der Waals surface area contributed by atoms with E-state index in [9.17, 15) is 8.42 Å². The van der Waals surface area contributed by atoms with Crippen LogP contribution in [0.4, 0.5) is 5.69 Å². The van der Waals surface area contributed by atoms with Crippen LogP contribution in [0.3, 0.4) is 0 Å². The Hall–Kier alpha value is -1.61. The smallest absolute Gasteiger partial charge is 0.244 e. The number of thiocarbonyl (C=S) groups is 1. The average Bonchev–Trinajstić information content (AvgIpc) is 3.09. The molecule has 136 valence electrons. The summed E-state index contributed by atoms with van der Waals surface area (Å²) in [6.45, 7) is 4.73. The van der Waals surface area contributed by atoms with Gasteiger partial charge in [-0.25, -0.2) is 8.42 Å². The fraction of sp³-hybridized carbons (Fsp3) is 0.312. The van der Waals surface area contributed by atoms with Crippen molar-refractivity contribution in [1.82, 2.24) is 9.62 Å². The maximum Gasteiger partial charge on any atom is 0.244 e. The van der Waals surface area contributed by atoms with Crippen molar-refractivity contribution in [3.05, 3.63) is 47.4 Å². The van der Waals surface area contributed by atoms with Gasteiger partial charge in [-0.2, -0.15) is 4.31 Å². The zero-order valence-electron chi connectivity index (χ0n) is 14.0. The van der Waals surface area contributed by atoms with Crippen molar-refractivity contribution >= 4 is 44.6 Å². The molecule has 0 unspecified atom stereocenters. The second-order valence-electron chi connectivity index (χ2n) is 5.12. The molecule has 0 fully saturated rings. The van der Waals surface area contributed by atoms with E-state index in [-0.39, 0.29) is 9.92 Å². The minimum Gasteiger partial charge on any atom is -0.467 e. The van der Waals surface area contributed by atoms with Gasteiger partial charge in [0.1, 0.15) is 10.7 Å². The van der Waals surface area contributed by atoms with Gasteiger partial charge < -0.3 is 15.1 Å². The molecule has 1 heterocycles. The summed E-state index contributed by atoms with van der Waals surface area (Å²) in [6, 6.07) is 8.31. The molecule has 1 aromatic heterocycles. The van der Waals surface area contributed by atoms with Gasteiger partial charge in [0.15, 0.2) is 5.11 Å². The van der Waals surface area contributed by atoms with Crippen LogP contribution in [-0.4, -0.2) is 30.9 Å². The highest BCUT2D eigenvalue weighted by atomic mass is 35.5. The summed E-state index contributed by atoms with van der Waals surface area (Å²) in [4.78, 5) is 0.0525. The summed E-state index contributed by atoms with van der Waals surface area (Å²) in [5.74, 6) is 0.741. The molecule has 6 nitrogen and oxygen atoms in total. The molecule has 1 aromatic carbocycles. The number of benzene rings is 1. The maximum absolute atomic E-state index is 12.7. The Balaban J connectivity index is 2.14. The van der Waals surface area contributed by atoms with Gasteiger partial charge >= 0.3 is 0 Å². The number of rotatable bonds is 7. The van der Waals surface area contributed by atoms with E-state index in [2.05, 4.69) is 10.6 Å². The molecule has 2 rings (SSSR count). The molecule has 0 atom stereocenters. The largest absolute Gasteiger partial charge is 0.467 e. The molecular weight excluding hydrogens is 382 g/mol. The number of anilines is 1. The Bertz CT molecular complexity index is 819. The zero-order valence-corrected chi connectivity index (χ0v) is 16.3. The van der Waals surface area contributed by atoms with Crippen molar-refractivity contribution < 1.29 is 12.8 Å². The standard InChI is InChI=1S/C16H20ClN3O3S2/c1-3-20(4-2)25(21,22)15-10-12(7-8-14(15)17)19-16(24)18-11-13-6-5-9-23-13/h5-10H,3-4,11H2,1-2H3,(H2,18,19,24). The highest BCUT2D eigenvalue weighted by molar-refractivity contribution is 7.89. The number of hydrogen-bond acceptors (Lipinski definition) is 4. The molecule has 0 aliphatic heterocycles. The van der Waals surface area contributed by atoms with E-state index in [1.54, 1.807) is 32.2 Å². The third-order valence-electron chi connectivity index (χ3n) is 3.52. The lowest BCUT2D eigenvalue weighted by Gasteiger charge is -2.20. The lowest BCUT2D eigenvalue weighted by molar-refractivity contribution is 0.445. The Morgan fingerprint density at radius 2 is 2.00 bits per heavy atom. The third kappa shape index (κ3) is 4.94. The van der Waals surface area contributed by atoms with E-state index in [0.717, 1.165) is 5.76 Å². The first-order chi connectivity index (χ1) is 11.9. The van der Waals surface area contributed by atoms with E-state index in [1.807, 2.05) is 6.07 Å². The number of hydrogen-bond donors (Lipinski definition) is 2. The minimum absolute atomic E-state index is 0.0525. The van der Waals surface area contributed by atoms with E-state index in [1.165, 1.54) is 16.4 Å². The summed E-state index contributed by atoms with van der Waals surface area (Å²) in [7, 11) is -3.66. The van der Waals surface area contributed by atoms with Crippen molar-refractivity contribution in [3.63, 3.8) is 0 Å². The van der Waals surface area contributed by atoms with Gasteiger partial charge in [0.05, 0.1) is 17.8 Å². The van der Waals surface area contributed by atoms with Crippen molar-refractivity contribution in [2.45, 2.75) is 25.3 Å². The van der Waals surface area contributed by atoms with Crippen LogP contribution in [0.25, 0.3) is 0 Å². The second kappa shape index (κ2) is 8.66. The maximum atomic E-state index is 12.7. The van der Waals surface area contributed by atoms with Gasteiger partial charge in [0.2, 0.25) is 10.0 Å². The van der Waals surface area contributed by atoms with Crippen molar-refractivity contribution in [3.8, 4) is 0 Å². The van der Waals surface area contributed by atoms with Crippen LogP contribution in [0.15, 0.2) is 45.9 Å². The summed E-state index contributed by atoms with van der Waals surface area (Å²) < 4.78 is 31.9. The Kier molecular flexibility index (Phi) is 6.83. The predicted octanol–water partition coefficient (Wildman–Crippen LogP) is 3.45. The predicted molar refractivity (Wildman–Crippen MR) is 103 cm³/mol. The summed E-state index contributed by atoms with van der Waals surface area (Å²) in [5, 5.41) is 6.47. The van der Waals surface area contributed by atoms with Gasteiger partial charge in [-0.3, -0.25) is 0 Å². The molecule has 0 saturated heterocycles. The Morgan fingerprint density at radius 1 is 1.28 bits per heavy atom. The zero-order chi connectivity index (χ0) is 18.4. The molecule has 2 aromatic rings. The number of furan rings is 1. The normalized spacial score (nSPS) is 11.5. The van der Waals surface area contributed by atoms with Crippen LogP contribution in [0.2, 0.25) is 5.02 Å². The lowest BCUT2D eigenvalue weighted by Crippen LogP contribution is -2.31. The SMILES string of the molecule is CCN(CC)S(=O)(=O)c1cc(NC(=S)NCc2ccco2)ccc1Cl. The van der Waals surface area contributed by atoms with Gasteiger partial charge in [-0.15, -0.1) is 0 Å². The average molecular weight is 402 g/mol. The summed E-state index contributed by atoms with van der Waals surface area (Å²) in [5.41, 5.74) is 0.534. The highest BCUT2D eigenvalue weighted by Crippen LogP contribution is 2.27. The number of halogens is 1. The van der Waals surface area contributed by atoms with Crippen LogP contribution in [0, 0.1) is 0 Å². The van der Waals surface area contributed by atoms with E-state index < -0.39 is 10.0 Å². The molecular formula is C16H20ClN3O3S2. The molecule has 0 bridgehead atoms. The molecule has 2 N–H and O–H groups in total. The molecule has 9 heteroatoms. The lowest BCUT2D eigenvalue weighted by atomic mass is 10.3. The second-order valence-corrected chi connectivity index (χ2v) is 7.84. The van der Waals surface area contributed by atoms with Crippen LogP contribution < -0.4 is 10.6 Å². The van der Waals surface area contributed by atoms with Gasteiger partial charge in [0, 0.05) is 18.8 Å². The monoisotopic (exact) mass is 401 g/mol. The van der Waals surface area contributed by atoms with E-state index >= 15 is 0 Å². The quantitative estimate of drug-likeness (QED) is 0.692. The van der Waals surface area contributed by atoms with Gasteiger partial charge in [-0.1, -0.05) is 25.4 Å². The van der Waals surface area contributed by atoms with Crippen LogP contribution in [-0.2, 0) is 16.6 Å². The molecule has 0 radical (unpaired) electrons. The van der Waals surface area contributed by atoms with Crippen molar-refractivity contribution in [2.24, 2.45) is 0 Å². The molecule has 0 spiro atoms. The van der Waals surface area contributed by atoms with Crippen LogP contribution >= 0.6 is 23.8 Å². The fourth-order valence-electron chi connectivity index (χ4n) is 2.24. The molecule has 0 aliphatic rings. The number of sulfonamides is 1. The number of nitrogens with one attached hydrogen (secondary N) is 2. The van der Waals surface area contributed by atoms with Crippen molar-refractivity contribution in [1.29, 1.82) is 0 Å². The van der Waals surface area contributed by atoms with Crippen LogP contribution in [0.5, 0.6) is 0 Å².